The van der Waals surface area contributed by atoms with Crippen molar-refractivity contribution in [2.24, 2.45) is 0 Å². The number of carbonyl (C=O) groups excluding carboxylic acids is 2. The highest BCUT2D eigenvalue weighted by Gasteiger charge is 2.46. The third-order valence-electron chi connectivity index (χ3n) is 6.63. The molecule has 5 rings (SSSR count). The molecule has 0 radical (unpaired) electrons. The van der Waals surface area contributed by atoms with Crippen molar-refractivity contribution in [1.82, 2.24) is 4.90 Å². The Labute approximate surface area is 191 Å². The van der Waals surface area contributed by atoms with Crippen molar-refractivity contribution in [1.29, 1.82) is 0 Å². The third-order valence-corrected chi connectivity index (χ3v) is 6.63. The van der Waals surface area contributed by atoms with Crippen molar-refractivity contribution in [3.63, 3.8) is 0 Å². The lowest BCUT2D eigenvalue weighted by Gasteiger charge is -2.26. The first-order valence-electron chi connectivity index (χ1n) is 11.1. The van der Waals surface area contributed by atoms with Gasteiger partial charge in [0.1, 0.15) is 17.2 Å². The van der Waals surface area contributed by atoms with Crippen molar-refractivity contribution in [2.75, 3.05) is 31.6 Å². The molecule has 3 aromatic carbocycles. The average molecular weight is 448 g/mol. The highest BCUT2D eigenvalue weighted by molar-refractivity contribution is 6.08. The van der Waals surface area contributed by atoms with Gasteiger partial charge in [-0.15, -0.1) is 0 Å². The van der Waals surface area contributed by atoms with E-state index in [0.29, 0.717) is 43.7 Å². The molecule has 1 unspecified atom stereocenters. The van der Waals surface area contributed by atoms with Crippen LogP contribution in [-0.4, -0.2) is 49.2 Å². The first kappa shape index (κ1) is 21.2. The van der Waals surface area contributed by atoms with E-state index in [-0.39, 0.29) is 11.7 Å². The maximum absolute atomic E-state index is 13.5. The normalized spacial score (nSPS) is 20.7. The Morgan fingerprint density at radius 1 is 1.00 bits per heavy atom. The topological polar surface area (TPSA) is 59.1 Å². The van der Waals surface area contributed by atoms with Crippen LogP contribution in [-0.2, 0) is 4.74 Å². The number of carbonyl (C=O) groups is 2. The third kappa shape index (κ3) is 3.88. The summed E-state index contributed by atoms with van der Waals surface area (Å²) in [5.74, 6) is 0.344. The van der Waals surface area contributed by atoms with Gasteiger partial charge < -0.3 is 14.4 Å². The number of ether oxygens (including phenoxy) is 2. The summed E-state index contributed by atoms with van der Waals surface area (Å²) < 4.78 is 24.6. The summed E-state index contributed by atoms with van der Waals surface area (Å²) in [4.78, 5) is 29.5. The van der Waals surface area contributed by atoms with Gasteiger partial charge in [-0.1, -0.05) is 24.3 Å². The first-order chi connectivity index (χ1) is 16.0. The number of anilines is 1. The van der Waals surface area contributed by atoms with Gasteiger partial charge in [-0.05, 0) is 54.6 Å². The number of methoxy groups -OCH3 is 1. The quantitative estimate of drug-likeness (QED) is 0.565. The maximum Gasteiger partial charge on any atom is 0.415 e. The second-order valence-electron chi connectivity index (χ2n) is 8.62. The number of hydrogen-bond acceptors (Lipinski definition) is 4. The van der Waals surface area contributed by atoms with Crippen LogP contribution in [0.2, 0.25) is 0 Å². The summed E-state index contributed by atoms with van der Waals surface area (Å²) >= 11 is 0. The number of benzene rings is 3. The minimum Gasteiger partial charge on any atom is -0.496 e. The van der Waals surface area contributed by atoms with Crippen LogP contribution in [0.1, 0.15) is 29.6 Å². The fraction of sp³-hybridized carbons (Fsp3) is 0.308. The van der Waals surface area contributed by atoms with Gasteiger partial charge in [-0.3, -0.25) is 9.69 Å². The standard InChI is InChI=1S/C26H25FN2O4/c1-32-23-12-11-22(20-5-2-3-6-21(20)23)24(30)28-15-4-13-26(14-16-28)17-29(25(31)33-26)19-9-7-18(27)8-10-19/h2-3,5-12H,4,13-17H2,1H3. The average Bonchev–Trinajstić information content (AvgIpc) is 3.02. The van der Waals surface area contributed by atoms with Crippen molar-refractivity contribution in [3.05, 3.63) is 72.0 Å². The van der Waals surface area contributed by atoms with Crippen molar-refractivity contribution >= 4 is 28.5 Å². The van der Waals surface area contributed by atoms with Crippen molar-refractivity contribution in [3.8, 4) is 5.75 Å². The predicted molar refractivity (Wildman–Crippen MR) is 123 cm³/mol. The van der Waals surface area contributed by atoms with E-state index in [1.807, 2.05) is 41.3 Å². The Morgan fingerprint density at radius 3 is 2.52 bits per heavy atom. The second-order valence-corrected chi connectivity index (χ2v) is 8.62. The molecule has 3 aromatic rings. The maximum atomic E-state index is 13.5. The number of halogens is 1. The summed E-state index contributed by atoms with van der Waals surface area (Å²) in [6, 6.07) is 17.2. The van der Waals surface area contributed by atoms with E-state index in [2.05, 4.69) is 0 Å². The number of nitrogens with zero attached hydrogens (tertiary/aromatic N) is 2. The predicted octanol–water partition coefficient (Wildman–Crippen LogP) is 5.01. The van der Waals surface area contributed by atoms with Gasteiger partial charge in [0.15, 0.2) is 0 Å². The highest BCUT2D eigenvalue weighted by Crippen LogP contribution is 2.36. The summed E-state index contributed by atoms with van der Waals surface area (Å²) in [7, 11) is 1.62. The molecular weight excluding hydrogens is 423 g/mol. The minimum atomic E-state index is -0.650. The largest absolute Gasteiger partial charge is 0.496 e. The smallest absolute Gasteiger partial charge is 0.415 e. The summed E-state index contributed by atoms with van der Waals surface area (Å²) in [6.45, 7) is 1.48. The first-order valence-corrected chi connectivity index (χ1v) is 11.1. The Morgan fingerprint density at radius 2 is 1.76 bits per heavy atom. The number of amides is 2. The molecule has 2 fully saturated rings. The van der Waals surface area contributed by atoms with E-state index in [0.717, 1.165) is 22.9 Å². The minimum absolute atomic E-state index is 0.0365. The molecule has 170 valence electrons. The molecule has 2 amide bonds. The van der Waals surface area contributed by atoms with E-state index < -0.39 is 11.7 Å². The molecule has 0 aliphatic carbocycles. The fourth-order valence-corrected chi connectivity index (χ4v) is 4.88. The molecule has 2 aliphatic heterocycles. The van der Waals surface area contributed by atoms with Crippen LogP contribution < -0.4 is 9.64 Å². The van der Waals surface area contributed by atoms with Gasteiger partial charge in [0, 0.05) is 36.1 Å². The summed E-state index contributed by atoms with van der Waals surface area (Å²) in [5, 5.41) is 1.76. The monoisotopic (exact) mass is 448 g/mol. The summed E-state index contributed by atoms with van der Waals surface area (Å²) in [6.07, 6.45) is 1.52. The van der Waals surface area contributed by atoms with Gasteiger partial charge in [0.25, 0.3) is 5.91 Å². The van der Waals surface area contributed by atoms with Gasteiger partial charge >= 0.3 is 6.09 Å². The van der Waals surface area contributed by atoms with Crippen LogP contribution in [0.15, 0.2) is 60.7 Å². The zero-order valence-electron chi connectivity index (χ0n) is 18.4. The van der Waals surface area contributed by atoms with Gasteiger partial charge in [0.2, 0.25) is 0 Å². The molecule has 1 spiro atoms. The Bertz CT molecular complexity index is 1210. The van der Waals surface area contributed by atoms with Crippen LogP contribution in [0, 0.1) is 5.82 Å². The molecule has 7 heteroatoms. The molecule has 0 saturated carbocycles. The lowest BCUT2D eigenvalue weighted by atomic mass is 9.95. The molecular formula is C26H25FN2O4. The second kappa shape index (κ2) is 8.39. The zero-order valence-corrected chi connectivity index (χ0v) is 18.4. The van der Waals surface area contributed by atoms with Crippen LogP contribution in [0.25, 0.3) is 10.8 Å². The Balaban J connectivity index is 1.35. The van der Waals surface area contributed by atoms with E-state index >= 15 is 0 Å². The highest BCUT2D eigenvalue weighted by atomic mass is 19.1. The zero-order chi connectivity index (χ0) is 23.0. The van der Waals surface area contributed by atoms with Gasteiger partial charge in [0.05, 0.1) is 13.7 Å². The Hall–Kier alpha value is -3.61. The van der Waals surface area contributed by atoms with Crippen LogP contribution >= 0.6 is 0 Å². The molecule has 0 bridgehead atoms. The van der Waals surface area contributed by atoms with E-state index in [9.17, 15) is 14.0 Å². The number of rotatable bonds is 3. The van der Waals surface area contributed by atoms with Crippen molar-refractivity contribution < 1.29 is 23.5 Å². The van der Waals surface area contributed by atoms with E-state index in [1.165, 1.54) is 12.1 Å². The molecule has 0 aromatic heterocycles. The molecule has 1 atom stereocenters. The molecule has 2 saturated heterocycles. The number of hydrogen-bond donors (Lipinski definition) is 0. The fourth-order valence-electron chi connectivity index (χ4n) is 4.88. The van der Waals surface area contributed by atoms with Crippen LogP contribution in [0.4, 0.5) is 14.9 Å². The van der Waals surface area contributed by atoms with Crippen molar-refractivity contribution in [2.45, 2.75) is 24.9 Å². The lowest BCUT2D eigenvalue weighted by Crippen LogP contribution is -2.37. The SMILES string of the molecule is COc1ccc(C(=O)N2CCCC3(CC2)CN(c2ccc(F)cc2)C(=O)O3)c2ccccc12. The number of fused-ring (bicyclic) bond motifs is 1. The van der Waals surface area contributed by atoms with Crippen LogP contribution in [0.5, 0.6) is 5.75 Å². The van der Waals surface area contributed by atoms with Gasteiger partial charge in [-0.2, -0.15) is 0 Å². The number of likely N-dealkylation sites (tertiary alicyclic amines) is 1. The van der Waals surface area contributed by atoms with E-state index in [4.69, 9.17) is 9.47 Å². The molecule has 0 N–H and O–H groups in total. The lowest BCUT2D eigenvalue weighted by molar-refractivity contribution is 0.0439. The molecule has 2 heterocycles. The van der Waals surface area contributed by atoms with Gasteiger partial charge in [-0.25, -0.2) is 9.18 Å². The van der Waals surface area contributed by atoms with Crippen LogP contribution in [0.3, 0.4) is 0 Å². The molecule has 2 aliphatic rings. The summed E-state index contributed by atoms with van der Waals surface area (Å²) in [5.41, 5.74) is 0.599. The van der Waals surface area contributed by atoms with E-state index in [1.54, 1.807) is 24.1 Å². The Kier molecular flexibility index (Phi) is 5.40. The molecule has 33 heavy (non-hydrogen) atoms. The molecule has 6 nitrogen and oxygen atoms in total.